The van der Waals surface area contributed by atoms with Crippen LogP contribution in [0.3, 0.4) is 0 Å². The Kier molecular flexibility index (Phi) is 8.48. The molecule has 0 saturated heterocycles. The first-order valence-electron chi connectivity index (χ1n) is 9.46. The van der Waals surface area contributed by atoms with E-state index in [0.717, 1.165) is 26.9 Å². The number of hydrazone groups is 1. The molecule has 0 bridgehead atoms. The highest BCUT2D eigenvalue weighted by Crippen LogP contribution is 2.26. The highest BCUT2D eigenvalue weighted by molar-refractivity contribution is 9.10. The van der Waals surface area contributed by atoms with Crippen molar-refractivity contribution in [3.63, 3.8) is 0 Å². The number of rotatable bonds is 8. The van der Waals surface area contributed by atoms with Gasteiger partial charge in [-0.2, -0.15) is 10.4 Å². The van der Waals surface area contributed by atoms with Gasteiger partial charge in [-0.25, -0.2) is 4.98 Å². The van der Waals surface area contributed by atoms with Gasteiger partial charge in [0.25, 0.3) is 0 Å². The van der Waals surface area contributed by atoms with Gasteiger partial charge in [-0.15, -0.1) is 0 Å². The SMILES string of the molecule is COCc1cc(C)nc(N/N=C/c2cc(Br)ccc2OCc2ccc(Cl)c(Cl)c2)c1C#N. The molecule has 32 heavy (non-hydrogen) atoms. The zero-order chi connectivity index (χ0) is 23.1. The number of hydrogen-bond acceptors (Lipinski definition) is 6. The number of ether oxygens (including phenoxy) is 2. The van der Waals surface area contributed by atoms with E-state index in [1.807, 2.05) is 37.3 Å². The predicted molar refractivity (Wildman–Crippen MR) is 131 cm³/mol. The number of halogens is 3. The Balaban J connectivity index is 1.80. The first kappa shape index (κ1) is 24.0. The summed E-state index contributed by atoms with van der Waals surface area (Å²) in [4.78, 5) is 4.38. The fourth-order valence-corrected chi connectivity index (χ4v) is 3.62. The summed E-state index contributed by atoms with van der Waals surface area (Å²) in [5.74, 6) is 0.992. The average molecular weight is 534 g/mol. The number of nitrogens with zero attached hydrogens (tertiary/aromatic N) is 3. The number of benzene rings is 2. The number of anilines is 1. The van der Waals surface area contributed by atoms with Gasteiger partial charge >= 0.3 is 0 Å². The van der Waals surface area contributed by atoms with Crippen LogP contribution in [0.25, 0.3) is 0 Å². The maximum atomic E-state index is 9.55. The molecule has 0 radical (unpaired) electrons. The van der Waals surface area contributed by atoms with E-state index in [1.165, 1.54) is 0 Å². The standard InChI is InChI=1S/C23H19BrCl2N4O2/c1-14-7-17(13-31-2)19(10-27)23(29-14)30-28-11-16-9-18(24)4-6-22(16)32-12-15-3-5-20(25)21(26)8-15/h3-9,11H,12-13H2,1-2H3,(H,29,30)/b28-11+. The second-order valence-corrected chi connectivity index (χ2v) is 8.51. The van der Waals surface area contributed by atoms with Crippen LogP contribution in [-0.4, -0.2) is 18.3 Å². The molecule has 0 aliphatic heterocycles. The summed E-state index contributed by atoms with van der Waals surface area (Å²) in [6.45, 7) is 2.46. The summed E-state index contributed by atoms with van der Waals surface area (Å²) < 4.78 is 12.0. The second kappa shape index (κ2) is 11.3. The molecule has 0 saturated carbocycles. The summed E-state index contributed by atoms with van der Waals surface area (Å²) in [6.07, 6.45) is 1.61. The van der Waals surface area contributed by atoms with Crippen LogP contribution in [0.1, 0.15) is 27.9 Å². The number of nitrogens with one attached hydrogen (secondary N) is 1. The lowest BCUT2D eigenvalue weighted by Crippen LogP contribution is -2.04. The highest BCUT2D eigenvalue weighted by atomic mass is 79.9. The normalized spacial score (nSPS) is 10.9. The number of aryl methyl sites for hydroxylation is 1. The smallest absolute Gasteiger partial charge is 0.164 e. The first-order valence-corrected chi connectivity index (χ1v) is 11.0. The molecular formula is C23H19BrCl2N4O2. The Hall–Kier alpha value is -2.63. The van der Waals surface area contributed by atoms with Gasteiger partial charge in [0.15, 0.2) is 5.82 Å². The Morgan fingerprint density at radius 3 is 2.69 bits per heavy atom. The molecule has 1 heterocycles. The fraction of sp³-hybridized carbons (Fsp3) is 0.174. The summed E-state index contributed by atoms with van der Waals surface area (Å²) in [7, 11) is 1.58. The minimum absolute atomic E-state index is 0.309. The predicted octanol–water partition coefficient (Wildman–Crippen LogP) is 6.50. The Morgan fingerprint density at radius 1 is 1.16 bits per heavy atom. The van der Waals surface area contributed by atoms with Crippen LogP contribution in [0.4, 0.5) is 5.82 Å². The van der Waals surface area contributed by atoms with E-state index in [2.05, 4.69) is 37.5 Å². The van der Waals surface area contributed by atoms with Crippen molar-refractivity contribution in [1.29, 1.82) is 5.26 Å². The van der Waals surface area contributed by atoms with Crippen molar-refractivity contribution >= 4 is 51.2 Å². The summed E-state index contributed by atoms with van der Waals surface area (Å²) in [5, 5.41) is 14.8. The van der Waals surface area contributed by atoms with Gasteiger partial charge in [-0.05, 0) is 48.9 Å². The maximum absolute atomic E-state index is 9.55. The minimum Gasteiger partial charge on any atom is -0.488 e. The van der Waals surface area contributed by atoms with Crippen molar-refractivity contribution in [2.24, 2.45) is 5.10 Å². The summed E-state index contributed by atoms with van der Waals surface area (Å²) >= 11 is 15.5. The van der Waals surface area contributed by atoms with Gasteiger partial charge in [0.2, 0.25) is 0 Å². The van der Waals surface area contributed by atoms with Crippen LogP contribution >= 0.6 is 39.1 Å². The molecule has 1 N–H and O–H groups in total. The van der Waals surface area contributed by atoms with E-state index in [0.29, 0.717) is 40.4 Å². The molecule has 3 rings (SSSR count). The molecule has 0 aliphatic rings. The van der Waals surface area contributed by atoms with Gasteiger partial charge in [0, 0.05) is 28.4 Å². The van der Waals surface area contributed by atoms with Crippen LogP contribution in [-0.2, 0) is 18.0 Å². The van der Waals surface area contributed by atoms with Crippen molar-refractivity contribution in [3.05, 3.63) is 84.9 Å². The van der Waals surface area contributed by atoms with Crippen LogP contribution in [0.5, 0.6) is 5.75 Å². The van der Waals surface area contributed by atoms with Crippen molar-refractivity contribution < 1.29 is 9.47 Å². The first-order chi connectivity index (χ1) is 15.4. The molecule has 9 heteroatoms. The maximum Gasteiger partial charge on any atom is 0.164 e. The topological polar surface area (TPSA) is 79.5 Å². The van der Waals surface area contributed by atoms with Crippen LogP contribution in [0, 0.1) is 18.3 Å². The van der Waals surface area contributed by atoms with E-state index < -0.39 is 0 Å². The Labute approximate surface area is 204 Å². The van der Waals surface area contributed by atoms with E-state index in [1.54, 1.807) is 25.5 Å². The minimum atomic E-state index is 0.309. The molecule has 3 aromatic rings. The third-order valence-electron chi connectivity index (χ3n) is 4.37. The molecule has 0 amide bonds. The number of aromatic nitrogens is 1. The van der Waals surface area contributed by atoms with Gasteiger partial charge in [0.1, 0.15) is 24.0 Å². The lowest BCUT2D eigenvalue weighted by atomic mass is 10.1. The van der Waals surface area contributed by atoms with E-state index in [4.69, 9.17) is 32.7 Å². The van der Waals surface area contributed by atoms with E-state index >= 15 is 0 Å². The number of hydrogen-bond donors (Lipinski definition) is 1. The molecule has 0 aliphatic carbocycles. The molecule has 0 fully saturated rings. The summed E-state index contributed by atoms with van der Waals surface area (Å²) in [6, 6.07) is 14.9. The molecular weight excluding hydrogens is 515 g/mol. The lowest BCUT2D eigenvalue weighted by Gasteiger charge is -2.11. The van der Waals surface area contributed by atoms with Crippen molar-refractivity contribution in [3.8, 4) is 11.8 Å². The summed E-state index contributed by atoms with van der Waals surface area (Å²) in [5.41, 5.74) is 6.37. The molecule has 1 aromatic heterocycles. The van der Waals surface area contributed by atoms with Crippen molar-refractivity contribution in [2.45, 2.75) is 20.1 Å². The fourth-order valence-electron chi connectivity index (χ4n) is 2.92. The lowest BCUT2D eigenvalue weighted by molar-refractivity contribution is 0.184. The third-order valence-corrected chi connectivity index (χ3v) is 5.60. The molecule has 6 nitrogen and oxygen atoms in total. The van der Waals surface area contributed by atoms with Gasteiger partial charge in [-0.1, -0.05) is 45.2 Å². The highest BCUT2D eigenvalue weighted by Gasteiger charge is 2.11. The van der Waals surface area contributed by atoms with E-state index in [9.17, 15) is 5.26 Å². The third kappa shape index (κ3) is 6.21. The van der Waals surface area contributed by atoms with Crippen molar-refractivity contribution in [2.75, 3.05) is 12.5 Å². The zero-order valence-corrected chi connectivity index (χ0v) is 20.4. The van der Waals surface area contributed by atoms with E-state index in [-0.39, 0.29) is 0 Å². The van der Waals surface area contributed by atoms with Crippen LogP contribution in [0.2, 0.25) is 10.0 Å². The number of nitriles is 1. The number of pyridine rings is 1. The Bertz CT molecular complexity index is 1200. The molecule has 0 unspecified atom stereocenters. The monoisotopic (exact) mass is 532 g/mol. The number of methoxy groups -OCH3 is 1. The van der Waals surface area contributed by atoms with Gasteiger partial charge < -0.3 is 9.47 Å². The quantitative estimate of drug-likeness (QED) is 0.264. The van der Waals surface area contributed by atoms with Crippen molar-refractivity contribution in [1.82, 2.24) is 4.98 Å². The van der Waals surface area contributed by atoms with Crippen LogP contribution in [0.15, 0.2) is 52.0 Å². The van der Waals surface area contributed by atoms with Crippen LogP contribution < -0.4 is 10.2 Å². The Morgan fingerprint density at radius 2 is 1.97 bits per heavy atom. The molecule has 0 spiro atoms. The molecule has 164 valence electrons. The zero-order valence-electron chi connectivity index (χ0n) is 17.3. The second-order valence-electron chi connectivity index (χ2n) is 6.78. The largest absolute Gasteiger partial charge is 0.488 e. The average Bonchev–Trinajstić information content (AvgIpc) is 2.75. The molecule has 2 aromatic carbocycles. The molecule has 0 atom stereocenters. The van der Waals surface area contributed by atoms with Gasteiger partial charge in [-0.3, -0.25) is 5.43 Å². The van der Waals surface area contributed by atoms with Gasteiger partial charge in [0.05, 0.1) is 22.9 Å².